The monoisotopic (exact) mass is 280 g/mol. The first-order valence-electron chi connectivity index (χ1n) is 6.89. The zero-order chi connectivity index (χ0) is 14.6. The van der Waals surface area contributed by atoms with Crippen LogP contribution in [0.15, 0.2) is 23.3 Å². The third-order valence-corrected chi connectivity index (χ3v) is 2.51. The number of ether oxygens (including phenoxy) is 2. The molecule has 0 atom stereocenters. The van der Waals surface area contributed by atoms with Crippen LogP contribution in [0.1, 0.15) is 19.4 Å². The maximum Gasteiger partial charge on any atom is 0.212 e. The molecule has 0 saturated carbocycles. The van der Waals surface area contributed by atoms with E-state index in [9.17, 15) is 0 Å². The van der Waals surface area contributed by atoms with Crippen LogP contribution in [0.5, 0.6) is 5.88 Å². The Labute approximate surface area is 120 Å². The Kier molecular flexibility index (Phi) is 8.14. The molecule has 0 amide bonds. The van der Waals surface area contributed by atoms with Gasteiger partial charge in [0.15, 0.2) is 5.96 Å². The van der Waals surface area contributed by atoms with Gasteiger partial charge in [-0.3, -0.25) is 0 Å². The quantitative estimate of drug-likeness (QED) is 0.425. The molecule has 6 heteroatoms. The molecular formula is C14H24N4O2. The van der Waals surface area contributed by atoms with E-state index in [1.54, 1.807) is 13.3 Å². The highest BCUT2D eigenvalue weighted by molar-refractivity contribution is 5.79. The number of rotatable bonds is 8. The third-order valence-electron chi connectivity index (χ3n) is 2.51. The minimum Gasteiger partial charge on any atom is -0.481 e. The average Bonchev–Trinajstić information content (AvgIpc) is 2.49. The van der Waals surface area contributed by atoms with Gasteiger partial charge in [-0.05, 0) is 19.4 Å². The van der Waals surface area contributed by atoms with Crippen LogP contribution in [0.4, 0.5) is 0 Å². The highest BCUT2D eigenvalue weighted by Gasteiger charge is 1.98. The summed E-state index contributed by atoms with van der Waals surface area (Å²) in [6.45, 7) is 7.55. The largest absolute Gasteiger partial charge is 0.481 e. The van der Waals surface area contributed by atoms with Crippen LogP contribution in [0.25, 0.3) is 0 Å². The fourth-order valence-electron chi connectivity index (χ4n) is 1.52. The Balaban J connectivity index is 2.47. The highest BCUT2D eigenvalue weighted by atomic mass is 16.5. The summed E-state index contributed by atoms with van der Waals surface area (Å²) in [4.78, 5) is 8.65. The van der Waals surface area contributed by atoms with Crippen LogP contribution in [-0.4, -0.2) is 44.4 Å². The van der Waals surface area contributed by atoms with Gasteiger partial charge in [-0.25, -0.2) is 9.98 Å². The second kappa shape index (κ2) is 10.0. The molecule has 112 valence electrons. The number of nitrogens with one attached hydrogen (secondary N) is 2. The third kappa shape index (κ3) is 6.38. The summed E-state index contributed by atoms with van der Waals surface area (Å²) in [7, 11) is 1.60. The molecule has 6 nitrogen and oxygen atoms in total. The van der Waals surface area contributed by atoms with Gasteiger partial charge in [-0.1, -0.05) is 6.07 Å². The molecule has 0 radical (unpaired) electrons. The van der Waals surface area contributed by atoms with Crippen LogP contribution in [0, 0.1) is 0 Å². The Morgan fingerprint density at radius 3 is 2.75 bits per heavy atom. The summed E-state index contributed by atoms with van der Waals surface area (Å²) < 4.78 is 10.3. The molecule has 0 aromatic carbocycles. The Bertz CT molecular complexity index is 393. The van der Waals surface area contributed by atoms with E-state index in [0.717, 1.165) is 31.2 Å². The summed E-state index contributed by atoms with van der Waals surface area (Å²) in [5.74, 6) is 1.39. The second-order valence-electron chi connectivity index (χ2n) is 4.03. The van der Waals surface area contributed by atoms with Gasteiger partial charge in [-0.15, -0.1) is 0 Å². The molecule has 1 aromatic heterocycles. The number of hydrogen-bond acceptors (Lipinski definition) is 4. The second-order valence-corrected chi connectivity index (χ2v) is 4.03. The van der Waals surface area contributed by atoms with E-state index in [0.29, 0.717) is 19.0 Å². The molecule has 1 rings (SSSR count). The molecule has 1 aromatic rings. The van der Waals surface area contributed by atoms with Crippen LogP contribution in [0.2, 0.25) is 0 Å². The molecule has 0 saturated heterocycles. The fourth-order valence-corrected chi connectivity index (χ4v) is 1.52. The SMILES string of the molecule is CCNC(=NCc1ccc(OC)nc1)NCCOCC. The Morgan fingerprint density at radius 2 is 2.15 bits per heavy atom. The zero-order valence-corrected chi connectivity index (χ0v) is 12.5. The number of aliphatic imine (C=N–C) groups is 1. The van der Waals surface area contributed by atoms with Crippen LogP contribution >= 0.6 is 0 Å². The summed E-state index contributed by atoms with van der Waals surface area (Å²) in [6, 6.07) is 3.79. The normalized spacial score (nSPS) is 11.2. The molecule has 2 N–H and O–H groups in total. The van der Waals surface area contributed by atoms with Crippen molar-refractivity contribution < 1.29 is 9.47 Å². The number of nitrogens with zero attached hydrogens (tertiary/aromatic N) is 2. The number of aromatic nitrogens is 1. The standard InChI is InChI=1S/C14H24N4O2/c1-4-15-14(16-8-9-20-5-2)18-11-12-6-7-13(19-3)17-10-12/h6-7,10H,4-5,8-9,11H2,1-3H3,(H2,15,16,18). The number of methoxy groups -OCH3 is 1. The molecule has 0 fully saturated rings. The van der Waals surface area contributed by atoms with E-state index >= 15 is 0 Å². The first kappa shape index (κ1) is 16.2. The molecule has 0 spiro atoms. The van der Waals surface area contributed by atoms with E-state index in [2.05, 4.69) is 20.6 Å². The van der Waals surface area contributed by atoms with Crippen molar-refractivity contribution >= 4 is 5.96 Å². The first-order valence-corrected chi connectivity index (χ1v) is 6.89. The lowest BCUT2D eigenvalue weighted by Gasteiger charge is -2.11. The molecule has 20 heavy (non-hydrogen) atoms. The van der Waals surface area contributed by atoms with Crippen LogP contribution in [0.3, 0.4) is 0 Å². The molecule has 0 aliphatic carbocycles. The maximum atomic E-state index is 5.28. The van der Waals surface area contributed by atoms with Gasteiger partial charge in [0.2, 0.25) is 5.88 Å². The lowest BCUT2D eigenvalue weighted by atomic mass is 10.3. The predicted molar refractivity (Wildman–Crippen MR) is 80.1 cm³/mol. The Morgan fingerprint density at radius 1 is 1.30 bits per heavy atom. The number of hydrogen-bond donors (Lipinski definition) is 2. The van der Waals surface area contributed by atoms with Gasteiger partial charge < -0.3 is 20.1 Å². The predicted octanol–water partition coefficient (Wildman–Crippen LogP) is 1.18. The van der Waals surface area contributed by atoms with Gasteiger partial charge in [-0.2, -0.15) is 0 Å². The zero-order valence-electron chi connectivity index (χ0n) is 12.5. The fraction of sp³-hybridized carbons (Fsp3) is 0.571. The van der Waals surface area contributed by atoms with Gasteiger partial charge in [0.25, 0.3) is 0 Å². The smallest absolute Gasteiger partial charge is 0.212 e. The topological polar surface area (TPSA) is 67.8 Å². The average molecular weight is 280 g/mol. The van der Waals surface area contributed by atoms with Crippen molar-refractivity contribution in [3.05, 3.63) is 23.9 Å². The van der Waals surface area contributed by atoms with E-state index < -0.39 is 0 Å². The Hall–Kier alpha value is -1.82. The van der Waals surface area contributed by atoms with Gasteiger partial charge >= 0.3 is 0 Å². The minimum atomic E-state index is 0.570. The van der Waals surface area contributed by atoms with E-state index in [1.807, 2.05) is 26.0 Å². The molecule has 0 bridgehead atoms. The highest BCUT2D eigenvalue weighted by Crippen LogP contribution is 2.07. The maximum absolute atomic E-state index is 5.28. The minimum absolute atomic E-state index is 0.570. The van der Waals surface area contributed by atoms with Crippen LogP contribution < -0.4 is 15.4 Å². The molecule has 0 unspecified atom stereocenters. The first-order chi connectivity index (χ1) is 9.80. The summed E-state index contributed by atoms with van der Waals surface area (Å²) in [5.41, 5.74) is 1.04. The van der Waals surface area contributed by atoms with E-state index in [-0.39, 0.29) is 0 Å². The summed E-state index contributed by atoms with van der Waals surface area (Å²) in [5, 5.41) is 6.41. The van der Waals surface area contributed by atoms with Gasteiger partial charge in [0.05, 0.1) is 20.3 Å². The van der Waals surface area contributed by atoms with Crippen molar-refractivity contribution in [3.63, 3.8) is 0 Å². The molecule has 1 heterocycles. The van der Waals surface area contributed by atoms with E-state index in [4.69, 9.17) is 9.47 Å². The number of pyridine rings is 1. The van der Waals surface area contributed by atoms with Crippen molar-refractivity contribution in [1.29, 1.82) is 0 Å². The lowest BCUT2D eigenvalue weighted by Crippen LogP contribution is -2.39. The molecule has 0 aliphatic heterocycles. The van der Waals surface area contributed by atoms with E-state index in [1.165, 1.54) is 0 Å². The van der Waals surface area contributed by atoms with Crippen LogP contribution in [-0.2, 0) is 11.3 Å². The van der Waals surface area contributed by atoms with Crippen molar-refractivity contribution in [2.75, 3.05) is 33.4 Å². The van der Waals surface area contributed by atoms with Crippen molar-refractivity contribution in [3.8, 4) is 5.88 Å². The van der Waals surface area contributed by atoms with Crippen molar-refractivity contribution in [2.24, 2.45) is 4.99 Å². The summed E-state index contributed by atoms with van der Waals surface area (Å²) >= 11 is 0. The van der Waals surface area contributed by atoms with Crippen molar-refractivity contribution in [2.45, 2.75) is 20.4 Å². The molecule has 0 aliphatic rings. The van der Waals surface area contributed by atoms with Crippen molar-refractivity contribution in [1.82, 2.24) is 15.6 Å². The van der Waals surface area contributed by atoms with Gasteiger partial charge in [0.1, 0.15) is 0 Å². The van der Waals surface area contributed by atoms with Gasteiger partial charge in [0, 0.05) is 32.0 Å². The number of guanidine groups is 1. The summed E-state index contributed by atoms with van der Waals surface area (Å²) in [6.07, 6.45) is 1.77. The molecular weight excluding hydrogens is 256 g/mol. The lowest BCUT2D eigenvalue weighted by molar-refractivity contribution is 0.152.